The third-order valence-corrected chi connectivity index (χ3v) is 3.46. The molecule has 66 valence electrons. The van der Waals surface area contributed by atoms with Gasteiger partial charge >= 0.3 is 0 Å². The van der Waals surface area contributed by atoms with Crippen LogP contribution in [0.1, 0.15) is 0 Å². The molecule has 0 radical (unpaired) electrons. The maximum absolute atomic E-state index is 6.03. The predicted octanol–water partition coefficient (Wildman–Crippen LogP) is 4.23. The summed E-state index contributed by atoms with van der Waals surface area (Å²) in [5.41, 5.74) is 1.03. The van der Waals surface area contributed by atoms with E-state index < -0.39 is 0 Å². The summed E-state index contributed by atoms with van der Waals surface area (Å²) in [6.45, 7) is 0. The van der Waals surface area contributed by atoms with E-state index in [1.807, 2.05) is 30.5 Å². The fraction of sp³-hybridized carbons (Fsp3) is 0. The summed E-state index contributed by atoms with van der Waals surface area (Å²) in [6.07, 6.45) is 1.82. The van der Waals surface area contributed by atoms with Gasteiger partial charge in [-0.2, -0.15) is 0 Å². The molecule has 1 aromatic carbocycles. The van der Waals surface area contributed by atoms with Crippen molar-refractivity contribution in [2.75, 3.05) is 0 Å². The van der Waals surface area contributed by atoms with E-state index in [0.717, 1.165) is 19.4 Å². The van der Waals surface area contributed by atoms with Gasteiger partial charge in [0.15, 0.2) is 3.92 Å². The van der Waals surface area contributed by atoms with Gasteiger partial charge in [-0.15, -0.1) is 11.3 Å². The van der Waals surface area contributed by atoms with Crippen LogP contribution >= 0.6 is 38.9 Å². The van der Waals surface area contributed by atoms with Gasteiger partial charge in [0.25, 0.3) is 0 Å². The average Bonchev–Trinajstić information content (AvgIpc) is 2.53. The summed E-state index contributed by atoms with van der Waals surface area (Å²) in [5.74, 6) is 0. The molecule has 0 atom stereocenters. The van der Waals surface area contributed by atoms with Crippen molar-refractivity contribution < 1.29 is 0 Å². The second-order valence-corrected chi connectivity index (χ2v) is 5.17. The molecule has 0 amide bonds. The van der Waals surface area contributed by atoms with Crippen LogP contribution in [-0.2, 0) is 0 Å². The molecule has 4 heteroatoms. The Balaban J connectivity index is 2.52. The Hall–Kier alpha value is -0.380. The van der Waals surface area contributed by atoms with Crippen molar-refractivity contribution in [3.8, 4) is 10.4 Å². The van der Waals surface area contributed by atoms with E-state index in [9.17, 15) is 0 Å². The van der Waals surface area contributed by atoms with Crippen LogP contribution in [0.25, 0.3) is 10.4 Å². The normalized spacial score (nSPS) is 10.3. The van der Waals surface area contributed by atoms with Crippen LogP contribution in [0.2, 0.25) is 5.02 Å². The zero-order chi connectivity index (χ0) is 9.26. The summed E-state index contributed by atoms with van der Waals surface area (Å²) in [6, 6.07) is 7.75. The van der Waals surface area contributed by atoms with Crippen LogP contribution in [0.3, 0.4) is 0 Å². The minimum atomic E-state index is 0.763. The van der Waals surface area contributed by atoms with Gasteiger partial charge in [0.05, 0.1) is 4.88 Å². The topological polar surface area (TPSA) is 12.9 Å². The van der Waals surface area contributed by atoms with E-state index in [2.05, 4.69) is 20.9 Å². The molecule has 0 N–H and O–H groups in total. The van der Waals surface area contributed by atoms with Gasteiger partial charge in [-0.25, -0.2) is 4.98 Å². The number of hydrogen-bond acceptors (Lipinski definition) is 2. The molecular formula is C9H5BrClNS. The lowest BCUT2D eigenvalue weighted by Crippen LogP contribution is -1.72. The lowest BCUT2D eigenvalue weighted by Gasteiger charge is -1.97. The highest BCUT2D eigenvalue weighted by Gasteiger charge is 2.05. The average molecular weight is 275 g/mol. The summed E-state index contributed by atoms with van der Waals surface area (Å²) >= 11 is 10.9. The quantitative estimate of drug-likeness (QED) is 0.758. The maximum atomic E-state index is 6.03. The van der Waals surface area contributed by atoms with Gasteiger partial charge < -0.3 is 0 Å². The summed E-state index contributed by atoms with van der Waals surface area (Å²) in [4.78, 5) is 5.19. The molecule has 0 aliphatic heterocycles. The van der Waals surface area contributed by atoms with Crippen molar-refractivity contribution in [2.24, 2.45) is 0 Å². The first kappa shape index (κ1) is 9.19. The number of benzene rings is 1. The van der Waals surface area contributed by atoms with E-state index in [4.69, 9.17) is 11.6 Å². The maximum Gasteiger partial charge on any atom is 0.159 e. The van der Waals surface area contributed by atoms with Crippen LogP contribution in [-0.4, -0.2) is 4.98 Å². The molecule has 1 nitrogen and oxygen atoms in total. The highest BCUT2D eigenvalue weighted by atomic mass is 79.9. The first-order valence-electron chi connectivity index (χ1n) is 3.63. The third kappa shape index (κ3) is 1.93. The van der Waals surface area contributed by atoms with Gasteiger partial charge in [-0.1, -0.05) is 29.8 Å². The van der Waals surface area contributed by atoms with Crippen LogP contribution < -0.4 is 0 Å². The molecular weight excluding hydrogens is 270 g/mol. The van der Waals surface area contributed by atoms with Crippen LogP contribution in [0.15, 0.2) is 34.4 Å². The van der Waals surface area contributed by atoms with Crippen molar-refractivity contribution in [1.82, 2.24) is 4.98 Å². The second kappa shape index (κ2) is 3.78. The molecule has 0 saturated carbocycles. The highest BCUT2D eigenvalue weighted by Crippen LogP contribution is 2.33. The highest BCUT2D eigenvalue weighted by molar-refractivity contribution is 9.11. The predicted molar refractivity (Wildman–Crippen MR) is 60.3 cm³/mol. The second-order valence-electron chi connectivity index (χ2n) is 2.46. The first-order chi connectivity index (χ1) is 6.27. The molecule has 0 aliphatic carbocycles. The van der Waals surface area contributed by atoms with Gasteiger partial charge in [-0.3, -0.25) is 0 Å². The number of hydrogen-bond donors (Lipinski definition) is 0. The zero-order valence-electron chi connectivity index (χ0n) is 6.50. The monoisotopic (exact) mass is 273 g/mol. The minimum Gasteiger partial charge on any atom is -0.237 e. The first-order valence-corrected chi connectivity index (χ1v) is 5.62. The number of thiazole rings is 1. The molecule has 2 aromatic rings. The van der Waals surface area contributed by atoms with E-state index in [-0.39, 0.29) is 0 Å². The fourth-order valence-corrected chi connectivity index (χ4v) is 2.64. The molecule has 0 unspecified atom stereocenters. The molecule has 1 heterocycles. The molecule has 2 rings (SSSR count). The van der Waals surface area contributed by atoms with Gasteiger partial charge in [0.1, 0.15) is 0 Å². The van der Waals surface area contributed by atoms with Crippen LogP contribution in [0, 0.1) is 0 Å². The van der Waals surface area contributed by atoms with Crippen molar-refractivity contribution >= 4 is 38.9 Å². The SMILES string of the molecule is Clc1ccccc1-c1cnc(Br)s1. The van der Waals surface area contributed by atoms with Crippen LogP contribution in [0.5, 0.6) is 0 Å². The Labute approximate surface area is 93.5 Å². The Morgan fingerprint density at radius 1 is 1.31 bits per heavy atom. The van der Waals surface area contributed by atoms with E-state index >= 15 is 0 Å². The number of nitrogens with zero attached hydrogens (tertiary/aromatic N) is 1. The molecule has 1 aromatic heterocycles. The standard InChI is InChI=1S/C9H5BrClNS/c10-9-12-5-8(13-9)6-3-1-2-4-7(6)11/h1-5H. The molecule has 0 spiro atoms. The van der Waals surface area contributed by atoms with Crippen molar-refractivity contribution in [3.63, 3.8) is 0 Å². The number of aromatic nitrogens is 1. The number of halogens is 2. The van der Waals surface area contributed by atoms with Gasteiger partial charge in [0.2, 0.25) is 0 Å². The molecule has 0 aliphatic rings. The van der Waals surface area contributed by atoms with E-state index in [1.54, 1.807) is 11.3 Å². The molecule has 0 saturated heterocycles. The lowest BCUT2D eigenvalue weighted by molar-refractivity contribution is 1.38. The lowest BCUT2D eigenvalue weighted by atomic mass is 10.2. The largest absolute Gasteiger partial charge is 0.237 e. The van der Waals surface area contributed by atoms with Gasteiger partial charge in [0, 0.05) is 16.8 Å². The Bertz CT molecular complexity index is 427. The number of rotatable bonds is 1. The molecule has 13 heavy (non-hydrogen) atoms. The Kier molecular flexibility index (Phi) is 2.67. The third-order valence-electron chi connectivity index (χ3n) is 1.62. The summed E-state index contributed by atoms with van der Waals surface area (Å²) in [7, 11) is 0. The van der Waals surface area contributed by atoms with Gasteiger partial charge in [-0.05, 0) is 22.0 Å². The van der Waals surface area contributed by atoms with Crippen molar-refractivity contribution in [1.29, 1.82) is 0 Å². The Morgan fingerprint density at radius 3 is 2.69 bits per heavy atom. The molecule has 0 fully saturated rings. The van der Waals surface area contributed by atoms with Crippen LogP contribution in [0.4, 0.5) is 0 Å². The Morgan fingerprint density at radius 2 is 2.08 bits per heavy atom. The van der Waals surface area contributed by atoms with Crippen molar-refractivity contribution in [2.45, 2.75) is 0 Å². The smallest absolute Gasteiger partial charge is 0.159 e. The molecule has 0 bridgehead atoms. The summed E-state index contributed by atoms with van der Waals surface area (Å²) < 4.78 is 0.877. The zero-order valence-corrected chi connectivity index (χ0v) is 9.66. The minimum absolute atomic E-state index is 0.763. The van der Waals surface area contributed by atoms with E-state index in [0.29, 0.717) is 0 Å². The fourth-order valence-electron chi connectivity index (χ4n) is 1.04. The summed E-state index contributed by atoms with van der Waals surface area (Å²) in [5, 5.41) is 0.763. The van der Waals surface area contributed by atoms with Crippen molar-refractivity contribution in [3.05, 3.63) is 39.4 Å². The van der Waals surface area contributed by atoms with E-state index in [1.165, 1.54) is 0 Å².